The van der Waals surface area contributed by atoms with Gasteiger partial charge in [0, 0.05) is 42.5 Å². The first-order chi connectivity index (χ1) is 17.7. The van der Waals surface area contributed by atoms with Crippen molar-refractivity contribution in [3.63, 3.8) is 0 Å². The third kappa shape index (κ3) is 5.12. The highest BCUT2D eigenvalue weighted by Gasteiger charge is 2.21. The molecule has 0 aliphatic rings. The van der Waals surface area contributed by atoms with E-state index in [1.807, 2.05) is 74.8 Å². The third-order valence-corrected chi connectivity index (χ3v) is 6.55. The second kappa shape index (κ2) is 9.80. The maximum absolute atomic E-state index is 11.9. The lowest BCUT2D eigenvalue weighted by Gasteiger charge is -2.22. The van der Waals surface area contributed by atoms with Gasteiger partial charge in [-0.05, 0) is 60.9 Å². The Bertz CT molecular complexity index is 1660. The van der Waals surface area contributed by atoms with Crippen molar-refractivity contribution in [3.8, 4) is 22.5 Å². The van der Waals surface area contributed by atoms with Gasteiger partial charge in [0.15, 0.2) is 5.82 Å². The van der Waals surface area contributed by atoms with E-state index in [1.165, 1.54) is 0 Å². The van der Waals surface area contributed by atoms with E-state index in [0.717, 1.165) is 33.2 Å². The lowest BCUT2D eigenvalue weighted by Crippen LogP contribution is -2.30. The van der Waals surface area contributed by atoms with Crippen molar-refractivity contribution in [2.45, 2.75) is 25.9 Å². The van der Waals surface area contributed by atoms with E-state index in [2.05, 4.69) is 10.4 Å². The predicted octanol–water partition coefficient (Wildman–Crippen LogP) is 4.85. The van der Waals surface area contributed by atoms with Crippen molar-refractivity contribution in [3.05, 3.63) is 94.1 Å². The molecule has 0 bridgehead atoms. The molecule has 0 amide bonds. The molecule has 37 heavy (non-hydrogen) atoms. The Labute approximate surface area is 219 Å². The lowest BCUT2D eigenvalue weighted by atomic mass is 10.0. The van der Waals surface area contributed by atoms with Gasteiger partial charge >= 0.3 is 0 Å². The number of rotatable bonds is 7. The van der Waals surface area contributed by atoms with Gasteiger partial charge in [-0.15, -0.1) is 0 Å². The number of aryl methyl sites for hydroxylation is 1. The van der Waals surface area contributed by atoms with Gasteiger partial charge in [-0.2, -0.15) is 5.10 Å². The molecule has 5 rings (SSSR count). The molecule has 0 saturated carbocycles. The molecule has 3 heterocycles. The summed E-state index contributed by atoms with van der Waals surface area (Å²) in [6.45, 7) is 4.29. The van der Waals surface area contributed by atoms with Gasteiger partial charge in [-0.1, -0.05) is 29.8 Å². The Morgan fingerprint density at radius 3 is 2.57 bits per heavy atom. The predicted molar refractivity (Wildman–Crippen MR) is 147 cm³/mol. The minimum Gasteiger partial charge on any atom is -0.394 e. The van der Waals surface area contributed by atoms with Crippen LogP contribution in [0.4, 0.5) is 5.82 Å². The van der Waals surface area contributed by atoms with E-state index in [4.69, 9.17) is 21.6 Å². The number of anilines is 1. The maximum Gasteiger partial charge on any atom is 0.250 e. The van der Waals surface area contributed by atoms with Crippen molar-refractivity contribution >= 4 is 28.3 Å². The van der Waals surface area contributed by atoms with Crippen LogP contribution >= 0.6 is 11.6 Å². The smallest absolute Gasteiger partial charge is 0.250 e. The zero-order valence-corrected chi connectivity index (χ0v) is 21.6. The number of halogens is 1. The minimum atomic E-state index is -0.548. The zero-order valence-electron chi connectivity index (χ0n) is 20.8. The first-order valence-corrected chi connectivity index (χ1v) is 12.2. The van der Waals surface area contributed by atoms with Crippen LogP contribution in [0.15, 0.2) is 78.0 Å². The Balaban J connectivity index is 1.60. The van der Waals surface area contributed by atoms with E-state index >= 15 is 0 Å². The average molecular weight is 515 g/mol. The summed E-state index contributed by atoms with van der Waals surface area (Å²) in [5.74, 6) is 1.19. The van der Waals surface area contributed by atoms with Crippen molar-refractivity contribution in [2.24, 2.45) is 7.05 Å². The quantitative estimate of drug-likeness (QED) is 0.322. The zero-order chi connectivity index (χ0) is 26.2. The highest BCUT2D eigenvalue weighted by molar-refractivity contribution is 6.30. The van der Waals surface area contributed by atoms with Gasteiger partial charge in [-0.25, -0.2) is 9.97 Å². The number of nitrogens with zero attached hydrogens (tertiary/aromatic N) is 5. The van der Waals surface area contributed by atoms with Gasteiger partial charge in [0.2, 0.25) is 5.56 Å². The molecule has 188 valence electrons. The molecule has 0 atom stereocenters. The molecule has 0 unspecified atom stereocenters. The number of aromatic nitrogens is 5. The van der Waals surface area contributed by atoms with Crippen molar-refractivity contribution in [2.75, 3.05) is 11.9 Å². The summed E-state index contributed by atoms with van der Waals surface area (Å²) >= 11 is 6.19. The maximum atomic E-state index is 11.9. The normalized spacial score (nSPS) is 11.7. The van der Waals surface area contributed by atoms with Crippen LogP contribution in [0.25, 0.3) is 33.4 Å². The summed E-state index contributed by atoms with van der Waals surface area (Å²) < 4.78 is 3.28. The Morgan fingerprint density at radius 2 is 1.81 bits per heavy atom. The molecule has 0 aliphatic carbocycles. The van der Waals surface area contributed by atoms with Crippen LogP contribution < -0.4 is 10.9 Å². The van der Waals surface area contributed by atoms with Crippen LogP contribution in [0.1, 0.15) is 19.4 Å². The van der Waals surface area contributed by atoms with Crippen molar-refractivity contribution < 1.29 is 5.11 Å². The van der Waals surface area contributed by atoms with E-state index in [-0.39, 0.29) is 12.2 Å². The molecule has 2 N–H and O–H groups in total. The van der Waals surface area contributed by atoms with E-state index in [1.54, 1.807) is 28.6 Å². The molecular formula is C28H27ClN6O2. The summed E-state index contributed by atoms with van der Waals surface area (Å²) in [5.41, 5.74) is 3.79. The molecule has 2 aromatic carbocycles. The number of aliphatic hydroxyl groups is 1. The van der Waals surface area contributed by atoms with E-state index in [9.17, 15) is 9.90 Å². The topological polar surface area (TPSA) is 97.9 Å². The van der Waals surface area contributed by atoms with Gasteiger partial charge in [0.1, 0.15) is 5.82 Å². The fourth-order valence-electron chi connectivity index (χ4n) is 4.01. The number of pyridine rings is 1. The molecule has 9 heteroatoms. The Morgan fingerprint density at radius 1 is 1.00 bits per heavy atom. The lowest BCUT2D eigenvalue weighted by molar-refractivity contribution is 0.152. The molecule has 0 saturated heterocycles. The van der Waals surface area contributed by atoms with Crippen LogP contribution in [0.3, 0.4) is 0 Å². The van der Waals surface area contributed by atoms with Gasteiger partial charge in [-0.3, -0.25) is 9.48 Å². The molecule has 5 aromatic rings. The minimum absolute atomic E-state index is 0.0486. The van der Waals surface area contributed by atoms with Crippen LogP contribution in [-0.2, 0) is 19.1 Å². The molecule has 0 fully saturated rings. The second-order valence-electron chi connectivity index (χ2n) is 9.62. The molecule has 0 spiro atoms. The van der Waals surface area contributed by atoms with Crippen molar-refractivity contribution in [1.82, 2.24) is 24.3 Å². The highest BCUT2D eigenvalue weighted by atomic mass is 35.5. The largest absolute Gasteiger partial charge is 0.394 e. The van der Waals surface area contributed by atoms with Crippen LogP contribution in [-0.4, -0.2) is 36.0 Å². The van der Waals surface area contributed by atoms with Crippen LogP contribution in [0.5, 0.6) is 0 Å². The summed E-state index contributed by atoms with van der Waals surface area (Å²) in [6.07, 6.45) is 5.37. The average Bonchev–Trinajstić information content (AvgIpc) is 3.40. The molecule has 3 aromatic heterocycles. The summed E-state index contributed by atoms with van der Waals surface area (Å²) in [5, 5.41) is 19.1. The standard InChI is InChI=1S/C28H27ClN6O2/c1-28(2,17-36)35-16-21(14-31-35)26-32-24-9-7-19(20-8-10-25(37)34(3)15-20)12-23(24)27(33-26)30-13-18-5-4-6-22(29)11-18/h4-12,14-16,36H,13,17H2,1-3H3,(H,30,32,33). The number of benzene rings is 2. The number of hydrogen-bond donors (Lipinski definition) is 2. The first-order valence-electron chi connectivity index (χ1n) is 11.9. The Hall–Kier alpha value is -4.01. The monoisotopic (exact) mass is 514 g/mol. The summed E-state index contributed by atoms with van der Waals surface area (Å²) in [4.78, 5) is 21.6. The number of hydrogen-bond acceptors (Lipinski definition) is 6. The third-order valence-electron chi connectivity index (χ3n) is 6.31. The molecular weight excluding hydrogens is 488 g/mol. The fraction of sp³-hybridized carbons (Fsp3) is 0.214. The van der Waals surface area contributed by atoms with Gasteiger partial charge in [0.05, 0.1) is 29.4 Å². The summed E-state index contributed by atoms with van der Waals surface area (Å²) in [7, 11) is 1.73. The van der Waals surface area contributed by atoms with Crippen molar-refractivity contribution in [1.29, 1.82) is 0 Å². The SMILES string of the molecule is Cn1cc(-c2ccc3nc(-c4cnn(C(C)(C)CO)c4)nc(NCc4cccc(Cl)c4)c3c2)ccc1=O. The number of aliphatic hydroxyl groups excluding tert-OH is 1. The van der Waals surface area contributed by atoms with Gasteiger partial charge < -0.3 is 15.0 Å². The fourth-order valence-corrected chi connectivity index (χ4v) is 4.22. The molecule has 0 aliphatic heterocycles. The number of fused-ring (bicyclic) bond motifs is 1. The number of nitrogens with one attached hydrogen (secondary N) is 1. The Kier molecular flexibility index (Phi) is 6.54. The van der Waals surface area contributed by atoms with Crippen LogP contribution in [0.2, 0.25) is 5.02 Å². The second-order valence-corrected chi connectivity index (χ2v) is 10.1. The van der Waals surface area contributed by atoms with E-state index in [0.29, 0.717) is 23.2 Å². The van der Waals surface area contributed by atoms with Gasteiger partial charge in [0.25, 0.3) is 0 Å². The summed E-state index contributed by atoms with van der Waals surface area (Å²) in [6, 6.07) is 17.0. The molecule has 8 nitrogen and oxygen atoms in total. The first kappa shape index (κ1) is 24.7. The van der Waals surface area contributed by atoms with Crippen LogP contribution in [0, 0.1) is 0 Å². The molecule has 0 radical (unpaired) electrons. The highest BCUT2D eigenvalue weighted by Crippen LogP contribution is 2.30. The van der Waals surface area contributed by atoms with E-state index < -0.39 is 5.54 Å².